The summed E-state index contributed by atoms with van der Waals surface area (Å²) in [7, 11) is 0. The highest BCUT2D eigenvalue weighted by Crippen LogP contribution is 2.49. The summed E-state index contributed by atoms with van der Waals surface area (Å²) < 4.78 is 6.75. The van der Waals surface area contributed by atoms with E-state index in [-0.39, 0.29) is 0 Å². The van der Waals surface area contributed by atoms with Crippen LogP contribution in [-0.2, 0) is 0 Å². The largest absolute Gasteiger partial charge is 0.455 e. The highest BCUT2D eigenvalue weighted by molar-refractivity contribution is 6.31. The minimum absolute atomic E-state index is 0.922. The molecule has 0 radical (unpaired) electrons. The first-order chi connectivity index (χ1) is 20.4. The van der Waals surface area contributed by atoms with Gasteiger partial charge in [-0.3, -0.25) is 0 Å². The minimum atomic E-state index is 0.922. The van der Waals surface area contributed by atoms with Crippen LogP contribution in [0.15, 0.2) is 150 Å². The van der Waals surface area contributed by atoms with E-state index >= 15 is 0 Å². The van der Waals surface area contributed by atoms with E-state index in [0.29, 0.717) is 0 Å². The van der Waals surface area contributed by atoms with Crippen molar-refractivity contribution in [2.75, 3.05) is 0 Å². The second-order valence-electron chi connectivity index (χ2n) is 10.8. The molecule has 9 rings (SSSR count). The van der Waals surface area contributed by atoms with Gasteiger partial charge in [-0.1, -0.05) is 133 Å². The second-order valence-corrected chi connectivity index (χ2v) is 10.8. The van der Waals surface area contributed by atoms with Gasteiger partial charge in [0.05, 0.1) is 0 Å². The van der Waals surface area contributed by atoms with E-state index in [1.54, 1.807) is 0 Å². The van der Waals surface area contributed by atoms with Gasteiger partial charge in [0, 0.05) is 16.2 Å². The summed E-state index contributed by atoms with van der Waals surface area (Å²) in [6.45, 7) is 0. The van der Waals surface area contributed by atoms with Gasteiger partial charge in [0.1, 0.15) is 11.2 Å². The lowest BCUT2D eigenvalue weighted by Crippen LogP contribution is -1.91. The van der Waals surface area contributed by atoms with Gasteiger partial charge in [-0.25, -0.2) is 0 Å². The molecule has 1 heterocycles. The monoisotopic (exact) mass is 520 g/mol. The Labute approximate surface area is 236 Å². The van der Waals surface area contributed by atoms with Crippen molar-refractivity contribution in [3.8, 4) is 22.3 Å². The molecule has 0 amide bonds. The van der Waals surface area contributed by atoms with E-state index in [1.807, 2.05) is 0 Å². The van der Waals surface area contributed by atoms with Gasteiger partial charge in [0.2, 0.25) is 0 Å². The van der Waals surface area contributed by atoms with Crippen LogP contribution in [0.25, 0.3) is 87.3 Å². The Morgan fingerprint density at radius 1 is 0.366 bits per heavy atom. The second kappa shape index (κ2) is 8.55. The highest BCUT2D eigenvalue weighted by atomic mass is 16.3. The average molecular weight is 521 g/mol. The van der Waals surface area contributed by atoms with E-state index in [0.717, 1.165) is 16.6 Å². The standard InChI is InChI=1S/C40H24O/c1-2-13-26(14-3-1)36-30-18-8-10-20-32(30)37(33-21-11-9-19-31(33)36)34-24-27-15-5-7-17-29(27)40-39(34)38-28-16-6-4-12-25(28)22-23-35(38)41-40/h1-24H. The number of hydrogen-bond acceptors (Lipinski definition) is 1. The van der Waals surface area contributed by atoms with Crippen LogP contribution >= 0.6 is 0 Å². The summed E-state index contributed by atoms with van der Waals surface area (Å²) in [5.74, 6) is 0. The zero-order valence-corrected chi connectivity index (χ0v) is 22.3. The van der Waals surface area contributed by atoms with Crippen molar-refractivity contribution in [3.05, 3.63) is 146 Å². The van der Waals surface area contributed by atoms with Crippen LogP contribution in [0.1, 0.15) is 0 Å². The molecule has 8 aromatic carbocycles. The number of fused-ring (bicyclic) bond motifs is 9. The Kier molecular flexibility index (Phi) is 4.67. The first-order valence-corrected chi connectivity index (χ1v) is 14.1. The molecule has 9 aromatic rings. The average Bonchev–Trinajstić information content (AvgIpc) is 3.44. The number of furan rings is 1. The Morgan fingerprint density at radius 3 is 1.59 bits per heavy atom. The molecule has 0 unspecified atom stereocenters. The third-order valence-electron chi connectivity index (χ3n) is 8.62. The Hall–Kier alpha value is -5.40. The van der Waals surface area contributed by atoms with Gasteiger partial charge in [-0.05, 0) is 72.1 Å². The lowest BCUT2D eigenvalue weighted by Gasteiger charge is -2.18. The first-order valence-electron chi connectivity index (χ1n) is 14.1. The fourth-order valence-corrected chi connectivity index (χ4v) is 6.90. The molecule has 1 nitrogen and oxygen atoms in total. The molecule has 41 heavy (non-hydrogen) atoms. The molecule has 0 spiro atoms. The van der Waals surface area contributed by atoms with Crippen molar-refractivity contribution in [2.45, 2.75) is 0 Å². The van der Waals surface area contributed by atoms with E-state index in [4.69, 9.17) is 4.42 Å². The molecule has 0 saturated heterocycles. The molecule has 0 aliphatic carbocycles. The molecular weight excluding hydrogens is 496 g/mol. The van der Waals surface area contributed by atoms with Crippen LogP contribution in [0.3, 0.4) is 0 Å². The van der Waals surface area contributed by atoms with Crippen LogP contribution in [0.4, 0.5) is 0 Å². The minimum Gasteiger partial charge on any atom is -0.455 e. The van der Waals surface area contributed by atoms with Crippen LogP contribution < -0.4 is 0 Å². The van der Waals surface area contributed by atoms with Gasteiger partial charge in [0.25, 0.3) is 0 Å². The fraction of sp³-hybridized carbons (Fsp3) is 0. The van der Waals surface area contributed by atoms with Crippen molar-refractivity contribution in [3.63, 3.8) is 0 Å². The first kappa shape index (κ1) is 22.4. The number of benzene rings is 8. The zero-order valence-electron chi connectivity index (χ0n) is 22.3. The van der Waals surface area contributed by atoms with E-state index in [9.17, 15) is 0 Å². The van der Waals surface area contributed by atoms with Crippen LogP contribution in [0.5, 0.6) is 0 Å². The van der Waals surface area contributed by atoms with E-state index in [1.165, 1.54) is 70.7 Å². The predicted octanol–water partition coefficient (Wildman–Crippen LogP) is 11.5. The van der Waals surface area contributed by atoms with Gasteiger partial charge in [0.15, 0.2) is 0 Å². The molecule has 190 valence electrons. The third kappa shape index (κ3) is 3.18. The summed E-state index contributed by atoms with van der Waals surface area (Å²) >= 11 is 0. The van der Waals surface area contributed by atoms with Crippen molar-refractivity contribution < 1.29 is 4.42 Å². The SMILES string of the molecule is c1ccc(-c2c3ccccc3c(-c3cc4ccccc4c4oc5ccc6ccccc6c5c34)c3ccccc23)cc1. The molecule has 0 bridgehead atoms. The van der Waals surface area contributed by atoms with Crippen LogP contribution in [-0.4, -0.2) is 0 Å². The van der Waals surface area contributed by atoms with E-state index < -0.39 is 0 Å². The predicted molar refractivity (Wildman–Crippen MR) is 175 cm³/mol. The van der Waals surface area contributed by atoms with Crippen molar-refractivity contribution in [1.82, 2.24) is 0 Å². The Bertz CT molecular complexity index is 2410. The topological polar surface area (TPSA) is 13.1 Å². The van der Waals surface area contributed by atoms with Gasteiger partial charge in [-0.15, -0.1) is 0 Å². The molecular formula is C40H24O. The van der Waals surface area contributed by atoms with Crippen LogP contribution in [0.2, 0.25) is 0 Å². The molecule has 0 aliphatic rings. The summed E-state index contributed by atoms with van der Waals surface area (Å²) in [4.78, 5) is 0. The van der Waals surface area contributed by atoms with Crippen molar-refractivity contribution in [1.29, 1.82) is 0 Å². The maximum atomic E-state index is 6.75. The molecule has 0 atom stereocenters. The lowest BCUT2D eigenvalue weighted by molar-refractivity contribution is 0.673. The quantitative estimate of drug-likeness (QED) is 0.207. The van der Waals surface area contributed by atoms with Crippen LogP contribution in [0, 0.1) is 0 Å². The van der Waals surface area contributed by atoms with E-state index in [2.05, 4.69) is 146 Å². The molecule has 0 N–H and O–H groups in total. The van der Waals surface area contributed by atoms with Gasteiger partial charge in [-0.2, -0.15) is 0 Å². The maximum absolute atomic E-state index is 6.75. The molecule has 0 aliphatic heterocycles. The number of rotatable bonds is 2. The summed E-state index contributed by atoms with van der Waals surface area (Å²) in [6.07, 6.45) is 0. The summed E-state index contributed by atoms with van der Waals surface area (Å²) in [6, 6.07) is 52.5. The zero-order chi connectivity index (χ0) is 26.9. The number of hydrogen-bond donors (Lipinski definition) is 0. The fourth-order valence-electron chi connectivity index (χ4n) is 6.90. The Balaban J connectivity index is 1.56. The highest BCUT2D eigenvalue weighted by Gasteiger charge is 2.22. The normalized spacial score (nSPS) is 11.9. The van der Waals surface area contributed by atoms with Gasteiger partial charge >= 0.3 is 0 Å². The molecule has 0 fully saturated rings. The van der Waals surface area contributed by atoms with Gasteiger partial charge < -0.3 is 4.42 Å². The smallest absolute Gasteiger partial charge is 0.143 e. The van der Waals surface area contributed by atoms with Crippen molar-refractivity contribution in [2.24, 2.45) is 0 Å². The Morgan fingerprint density at radius 2 is 0.902 bits per heavy atom. The third-order valence-corrected chi connectivity index (χ3v) is 8.62. The maximum Gasteiger partial charge on any atom is 0.143 e. The summed E-state index contributed by atoms with van der Waals surface area (Å²) in [5.41, 5.74) is 6.84. The van der Waals surface area contributed by atoms with Crippen molar-refractivity contribution >= 4 is 65.0 Å². The molecule has 1 heteroatoms. The molecule has 1 aromatic heterocycles. The summed E-state index contributed by atoms with van der Waals surface area (Å²) in [5, 5.41) is 12.1. The molecule has 0 saturated carbocycles. The lowest BCUT2D eigenvalue weighted by atomic mass is 9.84.